The number of phenols is 1. The number of hydrogen-bond donors (Lipinski definition) is 2. The van der Waals surface area contributed by atoms with Gasteiger partial charge in [0.2, 0.25) is 0 Å². The molecular weight excluding hydrogens is 498 g/mol. The lowest BCUT2D eigenvalue weighted by Crippen LogP contribution is -2.63. The first-order valence-corrected chi connectivity index (χ1v) is 11.1. The van der Waals surface area contributed by atoms with Crippen molar-refractivity contribution in [3.8, 4) is 5.75 Å². The zero-order chi connectivity index (χ0) is 27.5. The van der Waals surface area contributed by atoms with Crippen molar-refractivity contribution in [2.75, 3.05) is 25.1 Å². The van der Waals surface area contributed by atoms with E-state index in [-0.39, 0.29) is 19.0 Å². The van der Waals surface area contributed by atoms with Gasteiger partial charge in [0, 0.05) is 33.4 Å². The Bertz CT molecular complexity index is 964. The van der Waals surface area contributed by atoms with Gasteiger partial charge in [0.15, 0.2) is 24.6 Å². The average Bonchev–Trinajstić information content (AvgIpc) is 2.79. The lowest BCUT2D eigenvalue weighted by atomic mass is 9.98. The van der Waals surface area contributed by atoms with Gasteiger partial charge in [0.25, 0.3) is 0 Å². The largest absolute Gasteiger partial charge is 0.508 e. The fourth-order valence-corrected chi connectivity index (χ4v) is 3.32. The number of benzene rings is 1. The maximum absolute atomic E-state index is 12.0. The van der Waals surface area contributed by atoms with Gasteiger partial charge in [-0.15, -0.1) is 0 Å². The normalized spacial score (nSPS) is 22.8. The molecule has 2 N–H and O–H groups in total. The molecule has 204 valence electrons. The Morgan fingerprint density at radius 2 is 1.35 bits per heavy atom. The predicted molar refractivity (Wildman–Crippen MR) is 121 cm³/mol. The van der Waals surface area contributed by atoms with Crippen LogP contribution in [0, 0.1) is 0 Å². The molecule has 14 nitrogen and oxygen atoms in total. The fourth-order valence-electron chi connectivity index (χ4n) is 3.32. The summed E-state index contributed by atoms with van der Waals surface area (Å²) in [6.07, 6.45) is -7.42. The molecule has 5 atom stereocenters. The first-order valence-electron chi connectivity index (χ1n) is 11.1. The standard InChI is InChI=1S/C23H29NO13/c1-12(25)33-11-18-19(34-13(2)26)20(35-14(3)27)21(36-15(4)28)22(37-18)31-9-10-32-23(30)24-16-5-7-17(29)8-6-16/h5-8,18-22,29H,9-11H2,1-4H3,(H,24,30). The van der Waals surface area contributed by atoms with Crippen LogP contribution in [0.2, 0.25) is 0 Å². The summed E-state index contributed by atoms with van der Waals surface area (Å²) in [6, 6.07) is 5.68. The molecule has 0 saturated carbocycles. The highest BCUT2D eigenvalue weighted by molar-refractivity contribution is 5.84. The molecule has 1 heterocycles. The van der Waals surface area contributed by atoms with Crippen LogP contribution in [0.5, 0.6) is 5.75 Å². The lowest BCUT2D eigenvalue weighted by Gasteiger charge is -2.44. The van der Waals surface area contributed by atoms with E-state index < -0.39 is 67.3 Å². The molecule has 0 bridgehead atoms. The zero-order valence-corrected chi connectivity index (χ0v) is 20.7. The molecule has 1 aliphatic rings. The Morgan fingerprint density at radius 3 is 1.92 bits per heavy atom. The molecule has 37 heavy (non-hydrogen) atoms. The number of amides is 1. The van der Waals surface area contributed by atoms with Gasteiger partial charge in [-0.25, -0.2) is 4.79 Å². The third kappa shape index (κ3) is 9.93. The van der Waals surface area contributed by atoms with Crippen LogP contribution in [-0.2, 0) is 52.3 Å². The van der Waals surface area contributed by atoms with E-state index in [2.05, 4.69) is 5.32 Å². The molecule has 0 aliphatic carbocycles. The van der Waals surface area contributed by atoms with Crippen molar-refractivity contribution in [3.63, 3.8) is 0 Å². The minimum atomic E-state index is -1.38. The van der Waals surface area contributed by atoms with Crippen molar-refractivity contribution in [2.24, 2.45) is 0 Å². The van der Waals surface area contributed by atoms with Gasteiger partial charge in [0.05, 0.1) is 6.61 Å². The summed E-state index contributed by atoms with van der Waals surface area (Å²) in [5.41, 5.74) is 0.378. The van der Waals surface area contributed by atoms with E-state index in [1.807, 2.05) is 0 Å². The van der Waals surface area contributed by atoms with Gasteiger partial charge >= 0.3 is 30.0 Å². The predicted octanol–water partition coefficient (Wildman–Crippen LogP) is 1.04. The highest BCUT2D eigenvalue weighted by Gasteiger charge is 2.52. The summed E-state index contributed by atoms with van der Waals surface area (Å²) < 4.78 is 37.2. The van der Waals surface area contributed by atoms with E-state index in [4.69, 9.17) is 33.2 Å². The number of phenolic OH excluding ortho intramolecular Hbond substituents is 1. The van der Waals surface area contributed by atoms with Crippen LogP contribution in [0.3, 0.4) is 0 Å². The van der Waals surface area contributed by atoms with E-state index >= 15 is 0 Å². The number of esters is 4. The second-order valence-electron chi connectivity index (χ2n) is 7.75. The lowest BCUT2D eigenvalue weighted by molar-refractivity contribution is -0.308. The van der Waals surface area contributed by atoms with Crippen molar-refractivity contribution in [2.45, 2.75) is 58.4 Å². The number of carbonyl (C=O) groups excluding carboxylic acids is 5. The highest BCUT2D eigenvalue weighted by Crippen LogP contribution is 2.30. The maximum Gasteiger partial charge on any atom is 0.411 e. The van der Waals surface area contributed by atoms with Crippen molar-refractivity contribution in [1.82, 2.24) is 0 Å². The fraction of sp³-hybridized carbons (Fsp3) is 0.522. The Morgan fingerprint density at radius 1 is 0.784 bits per heavy atom. The van der Waals surface area contributed by atoms with E-state index in [1.54, 1.807) is 0 Å². The number of carbonyl (C=O) groups is 5. The summed E-state index contributed by atoms with van der Waals surface area (Å²) in [4.78, 5) is 58.6. The molecule has 5 unspecified atom stereocenters. The van der Waals surface area contributed by atoms with Crippen molar-refractivity contribution >= 4 is 35.7 Å². The third-order valence-electron chi connectivity index (χ3n) is 4.66. The first-order chi connectivity index (χ1) is 17.5. The monoisotopic (exact) mass is 527 g/mol. The van der Waals surface area contributed by atoms with Gasteiger partial charge in [-0.1, -0.05) is 0 Å². The minimum absolute atomic E-state index is 0.0251. The summed E-state index contributed by atoms with van der Waals surface area (Å²) in [6.45, 7) is 3.55. The summed E-state index contributed by atoms with van der Waals surface area (Å²) >= 11 is 0. The van der Waals surface area contributed by atoms with Crippen molar-refractivity contribution in [1.29, 1.82) is 0 Å². The molecule has 1 aromatic carbocycles. The van der Waals surface area contributed by atoms with E-state index in [0.717, 1.165) is 27.7 Å². The summed E-state index contributed by atoms with van der Waals surface area (Å²) in [5.74, 6) is -2.93. The summed E-state index contributed by atoms with van der Waals surface area (Å²) in [5, 5.41) is 11.7. The number of aromatic hydroxyl groups is 1. The van der Waals surface area contributed by atoms with E-state index in [0.29, 0.717) is 5.69 Å². The second kappa shape index (κ2) is 14.0. The number of ether oxygens (including phenoxy) is 7. The minimum Gasteiger partial charge on any atom is -0.508 e. The average molecular weight is 527 g/mol. The molecule has 0 spiro atoms. The Hall–Kier alpha value is -3.91. The molecule has 0 aromatic heterocycles. The first kappa shape index (κ1) is 29.3. The third-order valence-corrected chi connectivity index (χ3v) is 4.66. The van der Waals surface area contributed by atoms with Crippen LogP contribution >= 0.6 is 0 Å². The Balaban J connectivity index is 2.12. The molecule has 2 rings (SSSR count). The molecule has 1 amide bonds. The Kier molecular flexibility index (Phi) is 11.1. The molecule has 0 radical (unpaired) electrons. The van der Waals surface area contributed by atoms with Crippen molar-refractivity contribution in [3.05, 3.63) is 24.3 Å². The molecule has 1 fully saturated rings. The second-order valence-corrected chi connectivity index (χ2v) is 7.75. The van der Waals surface area contributed by atoms with Crippen LogP contribution in [0.1, 0.15) is 27.7 Å². The quantitative estimate of drug-likeness (QED) is 0.191. The van der Waals surface area contributed by atoms with E-state index in [1.165, 1.54) is 24.3 Å². The number of nitrogens with one attached hydrogen (secondary N) is 1. The van der Waals surface area contributed by atoms with Gasteiger partial charge < -0.3 is 38.3 Å². The molecular formula is C23H29NO13. The maximum atomic E-state index is 12.0. The van der Waals surface area contributed by atoms with Gasteiger partial charge in [-0.05, 0) is 24.3 Å². The van der Waals surface area contributed by atoms with Crippen LogP contribution in [0.4, 0.5) is 10.5 Å². The van der Waals surface area contributed by atoms with Crippen LogP contribution in [0.25, 0.3) is 0 Å². The molecule has 14 heteroatoms. The molecule has 1 saturated heterocycles. The van der Waals surface area contributed by atoms with Crippen molar-refractivity contribution < 1.29 is 62.2 Å². The smallest absolute Gasteiger partial charge is 0.411 e. The van der Waals surface area contributed by atoms with Gasteiger partial charge in [0.1, 0.15) is 25.1 Å². The summed E-state index contributed by atoms with van der Waals surface area (Å²) in [7, 11) is 0. The number of hydrogen-bond acceptors (Lipinski definition) is 13. The molecule has 1 aliphatic heterocycles. The van der Waals surface area contributed by atoms with E-state index in [9.17, 15) is 29.1 Å². The number of rotatable bonds is 10. The zero-order valence-electron chi connectivity index (χ0n) is 20.7. The van der Waals surface area contributed by atoms with Crippen LogP contribution in [0.15, 0.2) is 24.3 Å². The topological polar surface area (TPSA) is 182 Å². The number of anilines is 1. The Labute approximate surface area is 212 Å². The highest BCUT2D eigenvalue weighted by atomic mass is 16.7. The van der Waals surface area contributed by atoms with Crippen LogP contribution < -0.4 is 5.32 Å². The van der Waals surface area contributed by atoms with Gasteiger partial charge in [-0.2, -0.15) is 0 Å². The molecule has 1 aromatic rings. The van der Waals surface area contributed by atoms with Gasteiger partial charge in [-0.3, -0.25) is 24.5 Å². The SMILES string of the molecule is CC(=O)OCC1OC(OCCOC(=O)Nc2ccc(O)cc2)C(OC(C)=O)C(OC(C)=O)C1OC(C)=O. The van der Waals surface area contributed by atoms with Crippen LogP contribution in [-0.4, -0.2) is 85.6 Å².